The minimum absolute atomic E-state index is 0.0701. The van der Waals surface area contributed by atoms with E-state index in [2.05, 4.69) is 5.32 Å². The second-order valence-corrected chi connectivity index (χ2v) is 6.29. The molecule has 24 heavy (non-hydrogen) atoms. The van der Waals surface area contributed by atoms with Crippen molar-refractivity contribution >= 4 is 29.2 Å². The minimum Gasteiger partial charge on any atom is -0.466 e. The van der Waals surface area contributed by atoms with Gasteiger partial charge in [0.1, 0.15) is 5.82 Å². The van der Waals surface area contributed by atoms with E-state index in [1.54, 1.807) is 13.8 Å². The van der Waals surface area contributed by atoms with Gasteiger partial charge in [-0.1, -0.05) is 11.6 Å². The van der Waals surface area contributed by atoms with Gasteiger partial charge in [-0.05, 0) is 58.0 Å². The Balaban J connectivity index is 1.90. The molecule has 1 aliphatic heterocycles. The molecule has 1 aromatic rings. The summed E-state index contributed by atoms with van der Waals surface area (Å²) in [4.78, 5) is 26.1. The Kier molecular flexibility index (Phi) is 6.57. The molecule has 1 amide bonds. The van der Waals surface area contributed by atoms with Crippen LogP contribution in [0.2, 0.25) is 5.02 Å². The molecule has 0 radical (unpaired) electrons. The fraction of sp³-hybridized carbons (Fsp3) is 0.529. The van der Waals surface area contributed by atoms with Crippen LogP contribution in [0.15, 0.2) is 18.2 Å². The van der Waals surface area contributed by atoms with Gasteiger partial charge < -0.3 is 10.1 Å². The smallest absolute Gasteiger partial charge is 0.309 e. The molecule has 1 saturated heterocycles. The van der Waals surface area contributed by atoms with Gasteiger partial charge in [0.2, 0.25) is 5.91 Å². The van der Waals surface area contributed by atoms with Crippen molar-refractivity contribution in [3.8, 4) is 0 Å². The monoisotopic (exact) mass is 356 g/mol. The summed E-state index contributed by atoms with van der Waals surface area (Å²) in [5, 5.41) is 2.93. The second kappa shape index (κ2) is 8.44. The van der Waals surface area contributed by atoms with Crippen molar-refractivity contribution in [1.29, 1.82) is 0 Å². The number of nitrogens with one attached hydrogen (secondary N) is 1. The number of halogens is 2. The van der Waals surface area contributed by atoms with Crippen LogP contribution in [-0.4, -0.2) is 42.5 Å². The molecule has 5 nitrogen and oxygen atoms in total. The highest BCUT2D eigenvalue weighted by Crippen LogP contribution is 2.23. The van der Waals surface area contributed by atoms with Gasteiger partial charge in [-0.15, -0.1) is 0 Å². The first-order valence-electron chi connectivity index (χ1n) is 8.09. The fourth-order valence-electron chi connectivity index (χ4n) is 2.78. The van der Waals surface area contributed by atoms with Crippen LogP contribution in [0.5, 0.6) is 0 Å². The molecule has 1 fully saturated rings. The summed E-state index contributed by atoms with van der Waals surface area (Å²) in [6, 6.07) is 3.60. The molecular formula is C17H22ClFN2O3. The third-order valence-corrected chi connectivity index (χ3v) is 4.50. The topological polar surface area (TPSA) is 58.6 Å². The SMILES string of the molecule is CCOC(=O)C1CCN(C(C)C(=O)Nc2cc(Cl)ccc2F)CC1. The Morgan fingerprint density at radius 3 is 2.71 bits per heavy atom. The summed E-state index contributed by atoms with van der Waals surface area (Å²) in [7, 11) is 0. The molecule has 0 aromatic heterocycles. The van der Waals surface area contributed by atoms with Crippen molar-refractivity contribution in [2.75, 3.05) is 25.0 Å². The summed E-state index contributed by atoms with van der Waals surface area (Å²) < 4.78 is 18.7. The van der Waals surface area contributed by atoms with Gasteiger partial charge in [0.05, 0.1) is 24.3 Å². The first-order valence-corrected chi connectivity index (χ1v) is 8.46. The predicted molar refractivity (Wildman–Crippen MR) is 90.4 cm³/mol. The van der Waals surface area contributed by atoms with Gasteiger partial charge in [0.25, 0.3) is 0 Å². The minimum atomic E-state index is -0.527. The van der Waals surface area contributed by atoms with Gasteiger partial charge in [-0.25, -0.2) is 4.39 Å². The Labute approximate surface area is 146 Å². The van der Waals surface area contributed by atoms with Crippen LogP contribution in [0.1, 0.15) is 26.7 Å². The number of likely N-dealkylation sites (tertiary alicyclic amines) is 1. The van der Waals surface area contributed by atoms with Crippen LogP contribution >= 0.6 is 11.6 Å². The lowest BCUT2D eigenvalue weighted by molar-refractivity contribution is -0.149. The number of hydrogen-bond donors (Lipinski definition) is 1. The molecule has 1 atom stereocenters. The molecule has 1 aliphatic rings. The van der Waals surface area contributed by atoms with E-state index in [4.69, 9.17) is 16.3 Å². The molecule has 132 valence electrons. The molecule has 1 heterocycles. The van der Waals surface area contributed by atoms with Crippen molar-refractivity contribution in [3.63, 3.8) is 0 Å². The van der Waals surface area contributed by atoms with E-state index in [1.807, 2.05) is 4.90 Å². The van der Waals surface area contributed by atoms with E-state index >= 15 is 0 Å². The van der Waals surface area contributed by atoms with Crippen LogP contribution in [-0.2, 0) is 14.3 Å². The molecule has 1 unspecified atom stereocenters. The largest absolute Gasteiger partial charge is 0.466 e. The van der Waals surface area contributed by atoms with Gasteiger partial charge in [-0.2, -0.15) is 0 Å². The first kappa shape index (κ1) is 18.7. The lowest BCUT2D eigenvalue weighted by Gasteiger charge is -2.34. The normalized spacial score (nSPS) is 17.3. The zero-order chi connectivity index (χ0) is 17.7. The van der Waals surface area contributed by atoms with Gasteiger partial charge in [0, 0.05) is 5.02 Å². The maximum atomic E-state index is 13.7. The van der Waals surface area contributed by atoms with Gasteiger partial charge in [-0.3, -0.25) is 14.5 Å². The molecular weight excluding hydrogens is 335 g/mol. The molecule has 0 aliphatic carbocycles. The number of rotatable bonds is 5. The Bertz CT molecular complexity index is 603. The third-order valence-electron chi connectivity index (χ3n) is 4.26. The summed E-state index contributed by atoms with van der Waals surface area (Å²) in [5.74, 6) is -1.11. The van der Waals surface area contributed by atoms with Crippen molar-refractivity contribution in [1.82, 2.24) is 4.90 Å². The molecule has 0 saturated carbocycles. The van der Waals surface area contributed by atoms with Crippen LogP contribution in [0.25, 0.3) is 0 Å². The van der Waals surface area contributed by atoms with E-state index in [9.17, 15) is 14.0 Å². The number of ether oxygens (including phenoxy) is 1. The number of esters is 1. The van der Waals surface area contributed by atoms with Crippen molar-refractivity contribution in [2.45, 2.75) is 32.7 Å². The standard InChI is InChI=1S/C17H22ClFN2O3/c1-3-24-17(23)12-6-8-21(9-7-12)11(2)16(22)20-15-10-13(18)4-5-14(15)19/h4-5,10-12H,3,6-9H2,1-2H3,(H,20,22). The third kappa shape index (κ3) is 4.68. The van der Waals surface area contributed by atoms with Crippen molar-refractivity contribution in [2.24, 2.45) is 5.92 Å². The van der Waals surface area contributed by atoms with Crippen LogP contribution in [0.4, 0.5) is 10.1 Å². The van der Waals surface area contributed by atoms with Gasteiger partial charge >= 0.3 is 5.97 Å². The number of nitrogens with zero attached hydrogens (tertiary/aromatic N) is 1. The molecule has 0 bridgehead atoms. The van der Waals surface area contributed by atoms with E-state index in [-0.39, 0.29) is 23.5 Å². The zero-order valence-electron chi connectivity index (χ0n) is 13.9. The quantitative estimate of drug-likeness (QED) is 0.824. The molecule has 0 spiro atoms. The highest BCUT2D eigenvalue weighted by Gasteiger charge is 2.30. The summed E-state index contributed by atoms with van der Waals surface area (Å²) in [6.45, 7) is 5.17. The van der Waals surface area contributed by atoms with Crippen molar-refractivity contribution < 1.29 is 18.7 Å². The Morgan fingerprint density at radius 2 is 2.08 bits per heavy atom. The Morgan fingerprint density at radius 1 is 1.42 bits per heavy atom. The number of benzene rings is 1. The fourth-order valence-corrected chi connectivity index (χ4v) is 2.95. The van der Waals surface area contributed by atoms with E-state index in [0.717, 1.165) is 0 Å². The highest BCUT2D eigenvalue weighted by atomic mass is 35.5. The van der Waals surface area contributed by atoms with Gasteiger partial charge in [0.15, 0.2) is 0 Å². The number of amides is 1. The number of hydrogen-bond acceptors (Lipinski definition) is 4. The van der Waals surface area contributed by atoms with E-state index < -0.39 is 11.9 Å². The average Bonchev–Trinajstić information content (AvgIpc) is 2.57. The zero-order valence-corrected chi connectivity index (χ0v) is 14.6. The van der Waals surface area contributed by atoms with Crippen LogP contribution in [0.3, 0.4) is 0 Å². The second-order valence-electron chi connectivity index (χ2n) is 5.85. The van der Waals surface area contributed by atoms with Crippen LogP contribution < -0.4 is 5.32 Å². The lowest BCUT2D eigenvalue weighted by Crippen LogP contribution is -2.47. The maximum Gasteiger partial charge on any atom is 0.309 e. The van der Waals surface area contributed by atoms with Crippen LogP contribution in [0, 0.1) is 11.7 Å². The predicted octanol–water partition coefficient (Wildman–Crippen LogP) is 3.08. The average molecular weight is 357 g/mol. The molecule has 1 N–H and O–H groups in total. The number of anilines is 1. The Hall–Kier alpha value is -1.66. The summed E-state index contributed by atoms with van der Waals surface area (Å²) >= 11 is 5.83. The lowest BCUT2D eigenvalue weighted by atomic mass is 9.96. The van der Waals surface area contributed by atoms with E-state index in [0.29, 0.717) is 37.6 Å². The van der Waals surface area contributed by atoms with Crippen molar-refractivity contribution in [3.05, 3.63) is 29.0 Å². The first-order chi connectivity index (χ1) is 11.4. The van der Waals surface area contributed by atoms with E-state index in [1.165, 1.54) is 18.2 Å². The molecule has 2 rings (SSSR count). The highest BCUT2D eigenvalue weighted by molar-refractivity contribution is 6.30. The number of piperidine rings is 1. The molecule has 1 aromatic carbocycles. The maximum absolute atomic E-state index is 13.7. The number of carbonyl (C=O) groups excluding carboxylic acids is 2. The molecule has 7 heteroatoms. The summed E-state index contributed by atoms with van der Waals surface area (Å²) in [6.07, 6.45) is 1.31. The number of carbonyl (C=O) groups is 2. The summed E-state index contributed by atoms with van der Waals surface area (Å²) in [5.41, 5.74) is 0.0701.